The number of aromatic nitrogens is 2. The van der Waals surface area contributed by atoms with Crippen LogP contribution >= 0.6 is 0 Å². The Labute approximate surface area is 146 Å². The maximum absolute atomic E-state index is 10.0. The van der Waals surface area contributed by atoms with Gasteiger partial charge < -0.3 is 9.52 Å². The number of likely N-dealkylation sites (tertiary alicyclic amines) is 1. The van der Waals surface area contributed by atoms with Crippen molar-refractivity contribution in [3.63, 3.8) is 0 Å². The molecule has 4 rings (SSSR count). The molecule has 1 unspecified atom stereocenters. The first-order valence-electron chi connectivity index (χ1n) is 8.56. The predicted octanol–water partition coefficient (Wildman–Crippen LogP) is 2.87. The molecular formula is C20H21N3O2. The van der Waals surface area contributed by atoms with E-state index in [1.54, 1.807) is 0 Å². The Morgan fingerprint density at radius 3 is 2.44 bits per heavy atom. The summed E-state index contributed by atoms with van der Waals surface area (Å²) in [6.07, 6.45) is 0.924. The summed E-state index contributed by atoms with van der Waals surface area (Å²) in [4.78, 5) is 2.27. The van der Waals surface area contributed by atoms with Crippen molar-refractivity contribution in [1.29, 1.82) is 0 Å². The second-order valence-electron chi connectivity index (χ2n) is 6.63. The van der Waals surface area contributed by atoms with E-state index in [9.17, 15) is 5.11 Å². The van der Waals surface area contributed by atoms with Crippen LogP contribution in [0.3, 0.4) is 0 Å². The lowest BCUT2D eigenvalue weighted by molar-refractivity contribution is 0.185. The lowest BCUT2D eigenvalue weighted by Crippen LogP contribution is -2.34. The second kappa shape index (κ2) is 6.78. The molecule has 0 radical (unpaired) electrons. The van der Waals surface area contributed by atoms with E-state index in [1.807, 2.05) is 48.5 Å². The summed E-state index contributed by atoms with van der Waals surface area (Å²) in [6.45, 7) is 2.44. The van der Waals surface area contributed by atoms with Crippen molar-refractivity contribution in [3.05, 3.63) is 72.1 Å². The van der Waals surface area contributed by atoms with Crippen LogP contribution in [0.4, 0.5) is 0 Å². The summed E-state index contributed by atoms with van der Waals surface area (Å²) in [5.74, 6) is 1.16. The van der Waals surface area contributed by atoms with Crippen molar-refractivity contribution in [2.24, 2.45) is 0 Å². The highest BCUT2D eigenvalue weighted by atomic mass is 16.4. The zero-order chi connectivity index (χ0) is 17.1. The lowest BCUT2D eigenvalue weighted by Gasteiger charge is -2.27. The van der Waals surface area contributed by atoms with E-state index in [0.29, 0.717) is 18.3 Å². The summed E-state index contributed by atoms with van der Waals surface area (Å²) in [5, 5.41) is 18.4. The first-order valence-corrected chi connectivity index (χ1v) is 8.56. The highest BCUT2D eigenvalue weighted by Gasteiger charge is 2.39. The maximum atomic E-state index is 10.0. The topological polar surface area (TPSA) is 62.4 Å². The van der Waals surface area contributed by atoms with Gasteiger partial charge in [-0.3, -0.25) is 4.90 Å². The number of hydrogen-bond acceptors (Lipinski definition) is 5. The molecule has 1 N–H and O–H groups in total. The zero-order valence-electron chi connectivity index (χ0n) is 14.0. The van der Waals surface area contributed by atoms with Crippen LogP contribution in [0.15, 0.2) is 65.1 Å². The maximum Gasteiger partial charge on any atom is 0.247 e. The first-order chi connectivity index (χ1) is 12.3. The Hall–Kier alpha value is -2.50. The Morgan fingerprint density at radius 2 is 1.72 bits per heavy atom. The molecule has 0 aliphatic carbocycles. The van der Waals surface area contributed by atoms with Gasteiger partial charge in [0.15, 0.2) is 0 Å². The normalized spacial score (nSPS) is 20.8. The molecule has 1 saturated heterocycles. The van der Waals surface area contributed by atoms with Gasteiger partial charge in [0.25, 0.3) is 0 Å². The Balaban J connectivity index is 1.47. The minimum atomic E-state index is -0.205. The van der Waals surface area contributed by atoms with E-state index in [2.05, 4.69) is 27.2 Å². The average molecular weight is 335 g/mol. The quantitative estimate of drug-likeness (QED) is 0.777. The first kappa shape index (κ1) is 16.0. The molecule has 2 aromatic carbocycles. The molecule has 3 aromatic rings. The fourth-order valence-electron chi connectivity index (χ4n) is 3.55. The lowest BCUT2D eigenvalue weighted by atomic mass is 9.80. The van der Waals surface area contributed by atoms with Gasteiger partial charge in [0.1, 0.15) is 0 Å². The van der Waals surface area contributed by atoms with Crippen molar-refractivity contribution in [1.82, 2.24) is 15.1 Å². The summed E-state index contributed by atoms with van der Waals surface area (Å²) in [6, 6.07) is 20.0. The molecule has 128 valence electrons. The average Bonchev–Trinajstić information content (AvgIpc) is 3.31. The van der Waals surface area contributed by atoms with Gasteiger partial charge in [-0.1, -0.05) is 48.5 Å². The van der Waals surface area contributed by atoms with Gasteiger partial charge in [-0.2, -0.15) is 0 Å². The van der Waals surface area contributed by atoms with Crippen LogP contribution < -0.4 is 0 Å². The summed E-state index contributed by atoms with van der Waals surface area (Å²) >= 11 is 0. The van der Waals surface area contributed by atoms with Crippen LogP contribution in [0.25, 0.3) is 11.5 Å². The molecule has 5 nitrogen and oxygen atoms in total. The fraction of sp³-hybridized carbons (Fsp3) is 0.300. The molecule has 1 aliphatic heterocycles. The van der Waals surface area contributed by atoms with Crippen LogP contribution in [0.1, 0.15) is 17.9 Å². The van der Waals surface area contributed by atoms with Gasteiger partial charge in [0.05, 0.1) is 13.2 Å². The third kappa shape index (κ3) is 3.21. The highest BCUT2D eigenvalue weighted by Crippen LogP contribution is 2.34. The van der Waals surface area contributed by atoms with Gasteiger partial charge in [-0.25, -0.2) is 0 Å². The van der Waals surface area contributed by atoms with Crippen molar-refractivity contribution in [3.8, 4) is 11.5 Å². The largest absolute Gasteiger partial charge is 0.419 e. The highest BCUT2D eigenvalue weighted by molar-refractivity contribution is 5.51. The van der Waals surface area contributed by atoms with Gasteiger partial charge in [0.2, 0.25) is 11.8 Å². The summed E-state index contributed by atoms with van der Waals surface area (Å²) in [5.41, 5.74) is 1.91. The van der Waals surface area contributed by atoms with Crippen LogP contribution in [0.2, 0.25) is 0 Å². The molecule has 1 fully saturated rings. The molecule has 1 atom stereocenters. The van der Waals surface area contributed by atoms with Crippen molar-refractivity contribution < 1.29 is 9.52 Å². The molecule has 25 heavy (non-hydrogen) atoms. The second-order valence-corrected chi connectivity index (χ2v) is 6.63. The third-order valence-electron chi connectivity index (χ3n) is 4.97. The molecule has 5 heteroatoms. The van der Waals surface area contributed by atoms with Crippen LogP contribution in [0, 0.1) is 0 Å². The predicted molar refractivity (Wildman–Crippen MR) is 94.8 cm³/mol. The van der Waals surface area contributed by atoms with E-state index in [0.717, 1.165) is 25.1 Å². The Morgan fingerprint density at radius 1 is 1.00 bits per heavy atom. The minimum Gasteiger partial charge on any atom is -0.419 e. The summed E-state index contributed by atoms with van der Waals surface area (Å²) < 4.78 is 5.81. The van der Waals surface area contributed by atoms with Crippen molar-refractivity contribution in [2.75, 3.05) is 19.7 Å². The number of nitrogens with zero attached hydrogens (tertiary/aromatic N) is 3. The van der Waals surface area contributed by atoms with Gasteiger partial charge >= 0.3 is 0 Å². The van der Waals surface area contributed by atoms with Gasteiger partial charge in [-0.05, 0) is 30.7 Å². The molecule has 1 aliphatic rings. The number of aliphatic hydroxyl groups excluding tert-OH is 1. The molecule has 2 heterocycles. The number of benzene rings is 2. The number of rotatable bonds is 5. The molecule has 0 amide bonds. The van der Waals surface area contributed by atoms with E-state index < -0.39 is 0 Å². The van der Waals surface area contributed by atoms with E-state index in [-0.39, 0.29) is 12.0 Å². The standard InChI is InChI=1S/C20H21N3O2/c24-15-20(17-9-5-2-6-10-17)11-12-23(14-20)13-18-21-22-19(25-18)16-7-3-1-4-8-16/h1-10,24H,11-15H2. The molecule has 0 spiro atoms. The number of hydrogen-bond donors (Lipinski definition) is 1. The smallest absolute Gasteiger partial charge is 0.247 e. The van der Waals surface area contributed by atoms with E-state index >= 15 is 0 Å². The van der Waals surface area contributed by atoms with E-state index in [4.69, 9.17) is 4.42 Å². The Bertz CT molecular complexity index is 819. The molecular weight excluding hydrogens is 314 g/mol. The van der Waals surface area contributed by atoms with Crippen LogP contribution in [-0.2, 0) is 12.0 Å². The van der Waals surface area contributed by atoms with Gasteiger partial charge in [0, 0.05) is 17.5 Å². The number of aliphatic hydroxyl groups is 1. The minimum absolute atomic E-state index is 0.145. The zero-order valence-corrected chi connectivity index (χ0v) is 14.0. The van der Waals surface area contributed by atoms with Gasteiger partial charge in [-0.15, -0.1) is 10.2 Å². The monoisotopic (exact) mass is 335 g/mol. The SMILES string of the molecule is OCC1(c2ccccc2)CCN(Cc2nnc(-c3ccccc3)o2)C1. The molecule has 0 saturated carbocycles. The van der Waals surface area contributed by atoms with Crippen LogP contribution in [-0.4, -0.2) is 39.9 Å². The van der Waals surface area contributed by atoms with Crippen LogP contribution in [0.5, 0.6) is 0 Å². The summed E-state index contributed by atoms with van der Waals surface area (Å²) in [7, 11) is 0. The molecule has 0 bridgehead atoms. The van der Waals surface area contributed by atoms with Crippen molar-refractivity contribution in [2.45, 2.75) is 18.4 Å². The molecule has 1 aromatic heterocycles. The third-order valence-corrected chi connectivity index (χ3v) is 4.97. The Kier molecular flexibility index (Phi) is 4.34. The fourth-order valence-corrected chi connectivity index (χ4v) is 3.55. The van der Waals surface area contributed by atoms with Crippen molar-refractivity contribution >= 4 is 0 Å². The van der Waals surface area contributed by atoms with E-state index in [1.165, 1.54) is 5.56 Å².